The molecule has 1 N–H and O–H groups in total. The molecule has 1 aromatic heterocycles. The monoisotopic (exact) mass is 253 g/mol. The van der Waals surface area contributed by atoms with Crippen LogP contribution in [0, 0.1) is 6.92 Å². The molecule has 1 amide bonds. The second kappa shape index (κ2) is 5.42. The smallest absolute Gasteiger partial charge is 0.410 e. The first-order chi connectivity index (χ1) is 8.37. The average molecular weight is 253 g/mol. The van der Waals surface area contributed by atoms with Gasteiger partial charge in [-0.05, 0) is 27.7 Å². The van der Waals surface area contributed by atoms with Gasteiger partial charge < -0.3 is 4.74 Å². The highest BCUT2D eigenvalue weighted by Gasteiger charge is 2.30. The van der Waals surface area contributed by atoms with E-state index in [1.54, 1.807) is 4.90 Å². The zero-order valence-electron chi connectivity index (χ0n) is 12.1. The Morgan fingerprint density at radius 1 is 1.33 bits per heavy atom. The number of fused-ring (bicyclic) bond motifs is 1. The van der Waals surface area contributed by atoms with Crippen molar-refractivity contribution in [2.24, 2.45) is 0 Å². The molecule has 2 rings (SSSR count). The van der Waals surface area contributed by atoms with Gasteiger partial charge in [0.1, 0.15) is 5.60 Å². The predicted molar refractivity (Wildman–Crippen MR) is 70.2 cm³/mol. The van der Waals surface area contributed by atoms with Crippen molar-refractivity contribution < 1.29 is 9.53 Å². The Hall–Kier alpha value is -1.52. The lowest BCUT2D eigenvalue weighted by atomic mass is 10.2. The number of carbonyl (C=O) groups is 1. The maximum Gasteiger partial charge on any atom is 0.410 e. The Bertz CT molecular complexity index is 418. The minimum absolute atomic E-state index is 0.273. The third-order valence-electron chi connectivity index (χ3n) is 2.50. The molecule has 0 fully saturated rings. The van der Waals surface area contributed by atoms with Crippen molar-refractivity contribution >= 4 is 6.09 Å². The number of nitrogens with one attached hydrogen (secondary N) is 1. The molecular formula is C13H23N3O2. The van der Waals surface area contributed by atoms with E-state index in [1.165, 1.54) is 0 Å². The molecule has 5 nitrogen and oxygen atoms in total. The largest absolute Gasteiger partial charge is 0.444 e. The summed E-state index contributed by atoms with van der Waals surface area (Å²) in [4.78, 5) is 13.5. The fraction of sp³-hybridized carbons (Fsp3) is 0.692. The minimum Gasteiger partial charge on any atom is -0.444 e. The molecule has 0 aliphatic carbocycles. The molecule has 18 heavy (non-hydrogen) atoms. The summed E-state index contributed by atoms with van der Waals surface area (Å²) in [6.07, 6.45) is -0.273. The van der Waals surface area contributed by atoms with Crippen molar-refractivity contribution in [3.8, 4) is 0 Å². The predicted octanol–water partition coefficient (Wildman–Crippen LogP) is 3.00. The minimum atomic E-state index is -0.446. The lowest BCUT2D eigenvalue weighted by molar-refractivity contribution is 0.0239. The number of aryl methyl sites for hydroxylation is 1. The van der Waals surface area contributed by atoms with Crippen molar-refractivity contribution in [2.45, 2.75) is 60.2 Å². The molecule has 102 valence electrons. The van der Waals surface area contributed by atoms with Crippen LogP contribution in [-0.2, 0) is 17.8 Å². The third-order valence-corrected chi connectivity index (χ3v) is 2.50. The number of hydrogen-bond acceptors (Lipinski definition) is 3. The van der Waals surface area contributed by atoms with E-state index in [0.717, 1.165) is 17.0 Å². The number of rotatable bonds is 0. The van der Waals surface area contributed by atoms with Crippen molar-refractivity contribution in [3.05, 3.63) is 17.0 Å². The Labute approximate surface area is 109 Å². The molecule has 0 atom stereocenters. The number of hydrogen-bond donors (Lipinski definition) is 1. The maximum absolute atomic E-state index is 11.8. The van der Waals surface area contributed by atoms with E-state index in [2.05, 4.69) is 10.2 Å². The summed E-state index contributed by atoms with van der Waals surface area (Å²) in [6, 6.07) is 0. The van der Waals surface area contributed by atoms with E-state index >= 15 is 0 Å². The van der Waals surface area contributed by atoms with Gasteiger partial charge in [-0.15, -0.1) is 0 Å². The van der Waals surface area contributed by atoms with E-state index in [-0.39, 0.29) is 6.09 Å². The van der Waals surface area contributed by atoms with Crippen LogP contribution in [0.5, 0.6) is 0 Å². The Balaban J connectivity index is 0.000000771. The molecule has 1 aliphatic heterocycles. The van der Waals surface area contributed by atoms with Gasteiger partial charge in [0, 0.05) is 11.3 Å². The van der Waals surface area contributed by atoms with Crippen LogP contribution in [0.3, 0.4) is 0 Å². The molecule has 2 heterocycles. The van der Waals surface area contributed by atoms with Crippen LogP contribution in [0.25, 0.3) is 0 Å². The molecule has 0 saturated heterocycles. The molecular weight excluding hydrogens is 230 g/mol. The second-order valence-corrected chi connectivity index (χ2v) is 5.11. The van der Waals surface area contributed by atoms with Gasteiger partial charge in [0.05, 0.1) is 18.8 Å². The number of ether oxygens (including phenoxy) is 1. The Kier molecular flexibility index (Phi) is 4.38. The molecule has 1 aliphatic rings. The summed E-state index contributed by atoms with van der Waals surface area (Å²) >= 11 is 0. The van der Waals surface area contributed by atoms with Crippen LogP contribution in [0.2, 0.25) is 0 Å². The van der Waals surface area contributed by atoms with E-state index in [1.807, 2.05) is 41.5 Å². The van der Waals surface area contributed by atoms with Gasteiger partial charge in [-0.3, -0.25) is 10.00 Å². The lowest BCUT2D eigenvalue weighted by Gasteiger charge is -2.24. The van der Waals surface area contributed by atoms with Crippen molar-refractivity contribution in [3.63, 3.8) is 0 Å². The highest BCUT2D eigenvalue weighted by Crippen LogP contribution is 2.24. The summed E-state index contributed by atoms with van der Waals surface area (Å²) in [7, 11) is 0. The summed E-state index contributed by atoms with van der Waals surface area (Å²) in [5, 5.41) is 7.07. The number of aromatic nitrogens is 2. The third kappa shape index (κ3) is 3.24. The van der Waals surface area contributed by atoms with Crippen molar-refractivity contribution in [2.75, 3.05) is 0 Å². The van der Waals surface area contributed by atoms with Gasteiger partial charge in [0.2, 0.25) is 0 Å². The fourth-order valence-electron chi connectivity index (χ4n) is 1.73. The zero-order valence-corrected chi connectivity index (χ0v) is 12.1. The van der Waals surface area contributed by atoms with Gasteiger partial charge in [-0.25, -0.2) is 4.79 Å². The molecule has 0 bridgehead atoms. The average Bonchev–Trinajstić information content (AvgIpc) is 2.82. The summed E-state index contributed by atoms with van der Waals surface area (Å²) in [6.45, 7) is 12.7. The van der Waals surface area contributed by atoms with E-state index in [9.17, 15) is 4.79 Å². The van der Waals surface area contributed by atoms with E-state index in [0.29, 0.717) is 13.1 Å². The summed E-state index contributed by atoms with van der Waals surface area (Å²) in [5.74, 6) is 0. The first-order valence-electron chi connectivity index (χ1n) is 6.37. The van der Waals surface area contributed by atoms with Crippen LogP contribution >= 0.6 is 0 Å². The Morgan fingerprint density at radius 3 is 2.44 bits per heavy atom. The number of carbonyl (C=O) groups excluding carboxylic acids is 1. The molecule has 5 heteroatoms. The fourth-order valence-corrected chi connectivity index (χ4v) is 1.73. The molecule has 0 unspecified atom stereocenters. The van der Waals surface area contributed by atoms with Gasteiger partial charge in [0.15, 0.2) is 0 Å². The summed E-state index contributed by atoms with van der Waals surface area (Å²) in [5.41, 5.74) is 2.65. The van der Waals surface area contributed by atoms with E-state index in [4.69, 9.17) is 4.74 Å². The van der Waals surface area contributed by atoms with Crippen LogP contribution in [0.15, 0.2) is 0 Å². The number of aromatic amines is 1. The first-order valence-corrected chi connectivity index (χ1v) is 6.37. The first kappa shape index (κ1) is 14.5. The lowest BCUT2D eigenvalue weighted by Crippen LogP contribution is -2.33. The highest BCUT2D eigenvalue weighted by atomic mass is 16.6. The number of H-pyrrole nitrogens is 1. The van der Waals surface area contributed by atoms with Gasteiger partial charge in [-0.1, -0.05) is 13.8 Å². The molecule has 1 aromatic rings. The van der Waals surface area contributed by atoms with Gasteiger partial charge in [0.25, 0.3) is 0 Å². The quantitative estimate of drug-likeness (QED) is 0.773. The standard InChI is InChI=1S/C11H17N3O2.C2H6/c1-7-8-5-14(6-9(8)13-12-7)10(15)16-11(2,3)4;1-2/h5-6H2,1-4H3,(H,12,13);1-2H3. The highest BCUT2D eigenvalue weighted by molar-refractivity contribution is 5.69. The number of amides is 1. The molecule has 0 saturated carbocycles. The van der Waals surface area contributed by atoms with Crippen molar-refractivity contribution in [1.82, 2.24) is 15.1 Å². The molecule has 0 aromatic carbocycles. The number of nitrogens with zero attached hydrogens (tertiary/aromatic N) is 2. The topological polar surface area (TPSA) is 58.2 Å². The Morgan fingerprint density at radius 2 is 1.94 bits per heavy atom. The van der Waals surface area contributed by atoms with Crippen LogP contribution in [-0.4, -0.2) is 26.8 Å². The summed E-state index contributed by atoms with van der Waals surface area (Å²) < 4.78 is 5.31. The SMILES string of the molecule is CC.Cc1[nH]nc2c1CN(C(=O)OC(C)(C)C)C2. The van der Waals surface area contributed by atoms with Crippen LogP contribution < -0.4 is 0 Å². The van der Waals surface area contributed by atoms with Crippen LogP contribution in [0.1, 0.15) is 51.6 Å². The zero-order chi connectivity index (χ0) is 13.9. The van der Waals surface area contributed by atoms with E-state index < -0.39 is 5.60 Å². The van der Waals surface area contributed by atoms with Crippen molar-refractivity contribution in [1.29, 1.82) is 0 Å². The van der Waals surface area contributed by atoms with Gasteiger partial charge >= 0.3 is 6.09 Å². The van der Waals surface area contributed by atoms with Crippen LogP contribution in [0.4, 0.5) is 4.79 Å². The molecule has 0 spiro atoms. The van der Waals surface area contributed by atoms with Gasteiger partial charge in [-0.2, -0.15) is 5.10 Å². The molecule has 0 radical (unpaired) electrons. The maximum atomic E-state index is 11.8. The normalized spacial score (nSPS) is 13.8. The second-order valence-electron chi connectivity index (χ2n) is 5.11.